The summed E-state index contributed by atoms with van der Waals surface area (Å²) in [6, 6.07) is -0.837. The maximum Gasteiger partial charge on any atom is 0.327 e. The number of carbonyl (C=O) groups is 2. The largest absolute Gasteiger partial charge is 0.480 e. The van der Waals surface area contributed by atoms with Crippen molar-refractivity contribution < 1.29 is 14.7 Å². The van der Waals surface area contributed by atoms with Crippen molar-refractivity contribution in [3.8, 4) is 0 Å². The Kier molecular flexibility index (Phi) is 7.25. The Labute approximate surface area is 98.1 Å². The summed E-state index contributed by atoms with van der Waals surface area (Å²) < 4.78 is 0. The van der Waals surface area contributed by atoms with Crippen LogP contribution in [0.1, 0.15) is 13.8 Å². The van der Waals surface area contributed by atoms with Gasteiger partial charge in [-0.1, -0.05) is 17.2 Å². The number of hydrogen-bond donors (Lipinski definition) is 2. The van der Waals surface area contributed by atoms with Crippen molar-refractivity contribution in [2.24, 2.45) is 0 Å². The average Bonchev–Trinajstić information content (AvgIpc) is 2.15. The second kappa shape index (κ2) is 7.59. The van der Waals surface area contributed by atoms with Crippen molar-refractivity contribution in [2.75, 3.05) is 11.5 Å². The number of thioether (sulfide) groups is 1. The Morgan fingerprint density at radius 2 is 2.13 bits per heavy atom. The number of carboxylic acids is 1. The summed E-state index contributed by atoms with van der Waals surface area (Å²) in [4.78, 5) is 21.4. The third kappa shape index (κ3) is 7.27. The third-order valence-electron chi connectivity index (χ3n) is 1.48. The molecule has 15 heavy (non-hydrogen) atoms. The Bertz CT molecular complexity index is 268. The molecular weight excluding hydrogens is 238 g/mol. The second-order valence-corrected chi connectivity index (χ2v) is 4.31. The highest BCUT2D eigenvalue weighted by atomic mass is 35.5. The molecule has 4 nitrogen and oxygen atoms in total. The number of carboxylic acid groups (broad SMARTS) is 1. The van der Waals surface area contributed by atoms with E-state index >= 15 is 0 Å². The summed E-state index contributed by atoms with van der Waals surface area (Å²) in [5.74, 6) is -0.373. The van der Waals surface area contributed by atoms with Crippen molar-refractivity contribution >= 4 is 35.2 Å². The summed E-state index contributed by atoms with van der Waals surface area (Å²) >= 11 is 6.87. The van der Waals surface area contributed by atoms with Gasteiger partial charge in [-0.3, -0.25) is 4.79 Å². The van der Waals surface area contributed by atoms with Crippen molar-refractivity contribution in [2.45, 2.75) is 19.9 Å². The molecule has 0 fully saturated rings. The van der Waals surface area contributed by atoms with Crippen molar-refractivity contribution in [3.05, 3.63) is 11.1 Å². The molecule has 0 saturated carbocycles. The molecule has 0 spiro atoms. The van der Waals surface area contributed by atoms with Gasteiger partial charge in [0, 0.05) is 24.0 Å². The van der Waals surface area contributed by atoms with E-state index in [1.165, 1.54) is 24.2 Å². The van der Waals surface area contributed by atoms with Crippen molar-refractivity contribution in [3.63, 3.8) is 0 Å². The highest BCUT2D eigenvalue weighted by Crippen LogP contribution is 2.09. The van der Waals surface area contributed by atoms with Crippen LogP contribution in [-0.2, 0) is 9.59 Å². The predicted molar refractivity (Wildman–Crippen MR) is 62.2 cm³/mol. The van der Waals surface area contributed by atoms with Gasteiger partial charge in [-0.05, 0) is 6.92 Å². The Morgan fingerprint density at radius 1 is 1.53 bits per heavy atom. The van der Waals surface area contributed by atoms with Gasteiger partial charge in [-0.15, -0.1) is 0 Å². The van der Waals surface area contributed by atoms with Gasteiger partial charge >= 0.3 is 5.97 Å². The predicted octanol–water partition coefficient (Wildman–Crippen LogP) is 1.45. The zero-order chi connectivity index (χ0) is 11.8. The summed E-state index contributed by atoms with van der Waals surface area (Å²) in [5.41, 5.74) is 2.43. The van der Waals surface area contributed by atoms with Crippen molar-refractivity contribution in [1.82, 2.24) is 5.32 Å². The van der Waals surface area contributed by atoms with Gasteiger partial charge in [0.1, 0.15) is 6.04 Å². The molecule has 0 aliphatic rings. The van der Waals surface area contributed by atoms with Crippen LogP contribution in [0.4, 0.5) is 0 Å². The molecule has 0 aliphatic heterocycles. The SMILES string of the molecule is CC(=O)NC(CSCC(C)=CCl)C(=O)O. The van der Waals surface area contributed by atoms with E-state index in [1.54, 1.807) is 0 Å². The fourth-order valence-corrected chi connectivity index (χ4v) is 1.94. The first-order valence-corrected chi connectivity index (χ1v) is 5.90. The first-order chi connectivity index (χ1) is 6.97. The Hall–Kier alpha value is -0.680. The van der Waals surface area contributed by atoms with Crippen LogP contribution in [0, 0.1) is 0 Å². The lowest BCUT2D eigenvalue weighted by molar-refractivity contribution is -0.140. The lowest BCUT2D eigenvalue weighted by Crippen LogP contribution is -2.41. The van der Waals surface area contributed by atoms with Gasteiger partial charge < -0.3 is 10.4 Å². The highest BCUT2D eigenvalue weighted by Gasteiger charge is 2.17. The van der Waals surface area contributed by atoms with Gasteiger partial charge in [0.05, 0.1) is 0 Å². The minimum atomic E-state index is -1.02. The maximum absolute atomic E-state index is 10.7. The minimum Gasteiger partial charge on any atom is -0.480 e. The molecule has 0 heterocycles. The van der Waals surface area contributed by atoms with Gasteiger partial charge in [0.2, 0.25) is 5.91 Å². The number of halogens is 1. The van der Waals surface area contributed by atoms with E-state index in [1.807, 2.05) is 6.92 Å². The molecule has 1 atom stereocenters. The van der Waals surface area contributed by atoms with Crippen LogP contribution in [0.3, 0.4) is 0 Å². The van der Waals surface area contributed by atoms with Gasteiger partial charge in [-0.2, -0.15) is 11.8 Å². The number of amides is 1. The second-order valence-electron chi connectivity index (χ2n) is 3.06. The van der Waals surface area contributed by atoms with E-state index in [0.29, 0.717) is 11.5 Å². The number of hydrogen-bond acceptors (Lipinski definition) is 3. The molecule has 0 bridgehead atoms. The number of rotatable bonds is 6. The first kappa shape index (κ1) is 14.3. The van der Waals surface area contributed by atoms with Gasteiger partial charge in [-0.25, -0.2) is 4.79 Å². The maximum atomic E-state index is 10.7. The standard InChI is InChI=1S/C9H14ClNO3S/c1-6(3-10)4-15-5-8(9(13)14)11-7(2)12/h3,8H,4-5H2,1-2H3,(H,11,12)(H,13,14). The lowest BCUT2D eigenvalue weighted by atomic mass is 10.3. The van der Waals surface area contributed by atoms with E-state index in [2.05, 4.69) is 5.32 Å². The van der Waals surface area contributed by atoms with E-state index in [0.717, 1.165) is 5.57 Å². The smallest absolute Gasteiger partial charge is 0.327 e. The molecule has 6 heteroatoms. The van der Waals surface area contributed by atoms with E-state index in [4.69, 9.17) is 16.7 Å². The minimum absolute atomic E-state index is 0.330. The third-order valence-corrected chi connectivity index (χ3v) is 3.08. The van der Waals surface area contributed by atoms with Crippen molar-refractivity contribution in [1.29, 1.82) is 0 Å². The fraction of sp³-hybridized carbons (Fsp3) is 0.556. The number of carbonyl (C=O) groups excluding carboxylic acids is 1. The van der Waals surface area contributed by atoms with Crippen LogP contribution >= 0.6 is 23.4 Å². The molecule has 1 amide bonds. The molecule has 86 valence electrons. The molecule has 0 aromatic heterocycles. The first-order valence-electron chi connectivity index (χ1n) is 4.31. The van der Waals surface area contributed by atoms with Crippen LogP contribution in [0.25, 0.3) is 0 Å². The Morgan fingerprint density at radius 3 is 2.53 bits per heavy atom. The monoisotopic (exact) mass is 251 g/mol. The number of aliphatic carboxylic acids is 1. The molecule has 0 saturated heterocycles. The molecule has 0 rings (SSSR count). The van der Waals surface area contributed by atoms with E-state index in [9.17, 15) is 9.59 Å². The highest BCUT2D eigenvalue weighted by molar-refractivity contribution is 7.99. The quantitative estimate of drug-likeness (QED) is 0.750. The number of nitrogens with one attached hydrogen (secondary N) is 1. The molecule has 0 radical (unpaired) electrons. The summed E-state index contributed by atoms with van der Waals surface area (Å²) in [7, 11) is 0. The Balaban J connectivity index is 3.97. The summed E-state index contributed by atoms with van der Waals surface area (Å²) in [6.45, 7) is 3.15. The van der Waals surface area contributed by atoms with Crippen LogP contribution < -0.4 is 5.32 Å². The molecule has 2 N–H and O–H groups in total. The van der Waals surface area contributed by atoms with Gasteiger partial charge in [0.15, 0.2) is 0 Å². The molecule has 0 aromatic rings. The average molecular weight is 252 g/mol. The topological polar surface area (TPSA) is 66.4 Å². The summed E-state index contributed by atoms with van der Waals surface area (Å²) in [6.07, 6.45) is 0. The molecule has 1 unspecified atom stereocenters. The lowest BCUT2D eigenvalue weighted by Gasteiger charge is -2.12. The van der Waals surface area contributed by atoms with Crippen LogP contribution in [0.5, 0.6) is 0 Å². The zero-order valence-electron chi connectivity index (χ0n) is 8.62. The summed E-state index contributed by atoms with van der Waals surface area (Å²) in [5, 5.41) is 11.1. The zero-order valence-corrected chi connectivity index (χ0v) is 10.2. The van der Waals surface area contributed by atoms with E-state index < -0.39 is 12.0 Å². The molecule has 0 aliphatic carbocycles. The van der Waals surface area contributed by atoms with E-state index in [-0.39, 0.29) is 5.91 Å². The molecular formula is C9H14ClNO3S. The van der Waals surface area contributed by atoms with Gasteiger partial charge in [0.25, 0.3) is 0 Å². The van der Waals surface area contributed by atoms with Crippen LogP contribution in [-0.4, -0.2) is 34.5 Å². The normalized spacial score (nSPS) is 13.4. The molecule has 0 aromatic carbocycles. The van der Waals surface area contributed by atoms with Crippen LogP contribution in [0.2, 0.25) is 0 Å². The van der Waals surface area contributed by atoms with Crippen LogP contribution in [0.15, 0.2) is 11.1 Å². The fourth-order valence-electron chi connectivity index (χ4n) is 0.789.